The molecule has 0 aliphatic heterocycles. The van der Waals surface area contributed by atoms with Gasteiger partial charge in [-0.1, -0.05) is 11.8 Å². The number of carbonyl (C=O) groups excluding carboxylic acids is 1. The van der Waals surface area contributed by atoms with Crippen LogP contribution in [0.5, 0.6) is 0 Å². The molecule has 7 heteroatoms. The summed E-state index contributed by atoms with van der Waals surface area (Å²) in [6.45, 7) is 1.78. The van der Waals surface area contributed by atoms with E-state index in [0.717, 1.165) is 0 Å². The summed E-state index contributed by atoms with van der Waals surface area (Å²) in [5, 5.41) is 18.2. The van der Waals surface area contributed by atoms with E-state index in [2.05, 4.69) is 20.5 Å². The largest absolute Gasteiger partial charge is 0.325 e. The number of carbonyl (C=O) groups is 1. The Balaban J connectivity index is 1.94. The maximum Gasteiger partial charge on any atom is 0.237 e. The molecule has 2 N–H and O–H groups in total. The lowest BCUT2D eigenvalue weighted by atomic mass is 10.2. The summed E-state index contributed by atoms with van der Waals surface area (Å²) in [6.07, 6.45) is 1.40. The van der Waals surface area contributed by atoms with E-state index >= 15 is 0 Å². The maximum atomic E-state index is 11.9. The molecule has 1 atom stereocenters. The van der Waals surface area contributed by atoms with Crippen LogP contribution in [0.15, 0.2) is 35.7 Å². The second kappa shape index (κ2) is 6.02. The Labute approximate surface area is 114 Å². The lowest BCUT2D eigenvalue weighted by molar-refractivity contribution is -0.115. The third kappa shape index (κ3) is 3.56. The zero-order valence-corrected chi connectivity index (χ0v) is 10.9. The van der Waals surface area contributed by atoms with Gasteiger partial charge in [-0.15, -0.1) is 0 Å². The Morgan fingerprint density at radius 1 is 1.47 bits per heavy atom. The molecule has 0 saturated carbocycles. The molecule has 96 valence electrons. The van der Waals surface area contributed by atoms with Gasteiger partial charge in [-0.3, -0.25) is 9.89 Å². The number of hydrogen-bond donors (Lipinski definition) is 2. The monoisotopic (exact) mass is 273 g/mol. The van der Waals surface area contributed by atoms with Gasteiger partial charge in [0.1, 0.15) is 6.33 Å². The Kier molecular flexibility index (Phi) is 4.15. The van der Waals surface area contributed by atoms with Crippen molar-refractivity contribution in [2.45, 2.75) is 17.3 Å². The molecule has 19 heavy (non-hydrogen) atoms. The van der Waals surface area contributed by atoms with Crippen LogP contribution < -0.4 is 5.32 Å². The number of hydrogen-bond acceptors (Lipinski definition) is 5. The average Bonchev–Trinajstić information content (AvgIpc) is 2.92. The number of benzene rings is 1. The maximum absolute atomic E-state index is 11.9. The summed E-state index contributed by atoms with van der Waals surface area (Å²) >= 11 is 1.29. The summed E-state index contributed by atoms with van der Waals surface area (Å²) < 4.78 is 0. The first kappa shape index (κ1) is 13.1. The SMILES string of the molecule is CC(Sc1ncn[nH]1)C(=O)Nc1ccc(C#N)cc1. The first-order valence-electron chi connectivity index (χ1n) is 5.52. The van der Waals surface area contributed by atoms with Crippen molar-refractivity contribution in [3.63, 3.8) is 0 Å². The van der Waals surface area contributed by atoms with E-state index in [1.54, 1.807) is 31.2 Å². The molecule has 1 aromatic carbocycles. The number of anilines is 1. The van der Waals surface area contributed by atoms with Gasteiger partial charge in [-0.25, -0.2) is 4.98 Å². The van der Waals surface area contributed by atoms with E-state index in [9.17, 15) is 4.79 Å². The molecule has 0 aliphatic carbocycles. The molecule has 0 fully saturated rings. The van der Waals surface area contributed by atoms with Crippen LogP contribution in [0.3, 0.4) is 0 Å². The number of thioether (sulfide) groups is 1. The third-order valence-electron chi connectivity index (χ3n) is 2.33. The molecule has 0 spiro atoms. The highest BCUT2D eigenvalue weighted by Gasteiger charge is 2.15. The van der Waals surface area contributed by atoms with Crippen molar-refractivity contribution in [1.29, 1.82) is 5.26 Å². The highest BCUT2D eigenvalue weighted by atomic mass is 32.2. The molecule has 0 aliphatic rings. The minimum absolute atomic E-state index is 0.133. The van der Waals surface area contributed by atoms with Gasteiger partial charge in [0, 0.05) is 5.69 Å². The van der Waals surface area contributed by atoms with Gasteiger partial charge in [0.15, 0.2) is 5.16 Å². The van der Waals surface area contributed by atoms with Crippen molar-refractivity contribution >= 4 is 23.4 Å². The van der Waals surface area contributed by atoms with E-state index in [1.165, 1.54) is 18.1 Å². The van der Waals surface area contributed by atoms with Crippen LogP contribution in [0.4, 0.5) is 5.69 Å². The second-order valence-electron chi connectivity index (χ2n) is 3.73. The van der Waals surface area contributed by atoms with Crippen LogP contribution in [-0.2, 0) is 4.79 Å². The average molecular weight is 273 g/mol. The molecule has 1 heterocycles. The first-order valence-corrected chi connectivity index (χ1v) is 6.40. The Bertz CT molecular complexity index is 588. The van der Waals surface area contributed by atoms with Gasteiger partial charge in [0.25, 0.3) is 0 Å². The highest BCUT2D eigenvalue weighted by Crippen LogP contribution is 2.19. The number of aromatic amines is 1. The summed E-state index contributed by atoms with van der Waals surface area (Å²) in [7, 11) is 0. The molecule has 1 aromatic heterocycles. The number of rotatable bonds is 4. The minimum atomic E-state index is -0.302. The molecular weight excluding hydrogens is 262 g/mol. The van der Waals surface area contributed by atoms with E-state index in [0.29, 0.717) is 16.4 Å². The fraction of sp³-hybridized carbons (Fsp3) is 0.167. The molecule has 2 aromatic rings. The molecule has 1 amide bonds. The molecule has 2 rings (SSSR count). The second-order valence-corrected chi connectivity index (χ2v) is 5.06. The Morgan fingerprint density at radius 3 is 2.79 bits per heavy atom. The smallest absolute Gasteiger partial charge is 0.237 e. The quantitative estimate of drug-likeness (QED) is 0.828. The zero-order chi connectivity index (χ0) is 13.7. The first-order chi connectivity index (χ1) is 9.19. The van der Waals surface area contributed by atoms with Crippen molar-refractivity contribution in [1.82, 2.24) is 15.2 Å². The normalized spacial score (nSPS) is 11.6. The van der Waals surface area contributed by atoms with Crippen molar-refractivity contribution in [3.05, 3.63) is 36.2 Å². The van der Waals surface area contributed by atoms with Crippen molar-refractivity contribution in [3.8, 4) is 6.07 Å². The zero-order valence-electron chi connectivity index (χ0n) is 10.1. The fourth-order valence-corrected chi connectivity index (χ4v) is 2.06. The van der Waals surface area contributed by atoms with Crippen LogP contribution in [0.1, 0.15) is 12.5 Å². The Hall–Kier alpha value is -2.33. The summed E-state index contributed by atoms with van der Waals surface area (Å²) in [5.41, 5.74) is 1.22. The van der Waals surface area contributed by atoms with Gasteiger partial charge in [-0.2, -0.15) is 10.4 Å². The van der Waals surface area contributed by atoms with E-state index < -0.39 is 0 Å². The number of nitrogens with zero attached hydrogens (tertiary/aromatic N) is 3. The number of aromatic nitrogens is 3. The molecule has 0 saturated heterocycles. The van der Waals surface area contributed by atoms with Gasteiger partial charge >= 0.3 is 0 Å². The topological polar surface area (TPSA) is 94.5 Å². The number of amides is 1. The molecule has 6 nitrogen and oxygen atoms in total. The number of nitrogens with one attached hydrogen (secondary N) is 2. The van der Waals surface area contributed by atoms with Gasteiger partial charge in [-0.05, 0) is 31.2 Å². The van der Waals surface area contributed by atoms with Gasteiger partial charge < -0.3 is 5.32 Å². The van der Waals surface area contributed by atoms with E-state index in [1.807, 2.05) is 6.07 Å². The standard InChI is InChI=1S/C12H11N5OS/c1-8(19-12-14-7-15-17-12)11(18)16-10-4-2-9(6-13)3-5-10/h2-5,7-8H,1H3,(H,16,18)(H,14,15,17). The van der Waals surface area contributed by atoms with Gasteiger partial charge in [0.2, 0.25) is 5.91 Å². The van der Waals surface area contributed by atoms with Crippen LogP contribution in [-0.4, -0.2) is 26.3 Å². The van der Waals surface area contributed by atoms with Gasteiger partial charge in [0.05, 0.1) is 16.9 Å². The summed E-state index contributed by atoms with van der Waals surface area (Å²) in [6, 6.07) is 8.73. The lowest BCUT2D eigenvalue weighted by Crippen LogP contribution is -2.22. The number of nitriles is 1. The predicted molar refractivity (Wildman–Crippen MR) is 71.5 cm³/mol. The fourth-order valence-electron chi connectivity index (χ4n) is 1.34. The van der Waals surface area contributed by atoms with Crippen LogP contribution in [0.2, 0.25) is 0 Å². The molecule has 0 radical (unpaired) electrons. The molecule has 0 bridgehead atoms. The molecule has 1 unspecified atom stereocenters. The Morgan fingerprint density at radius 2 is 2.21 bits per heavy atom. The predicted octanol–water partition coefficient (Wildman–Crippen LogP) is 1.80. The van der Waals surface area contributed by atoms with Crippen molar-refractivity contribution in [2.75, 3.05) is 5.32 Å². The summed E-state index contributed by atoms with van der Waals surface area (Å²) in [4.78, 5) is 15.9. The lowest BCUT2D eigenvalue weighted by Gasteiger charge is -2.10. The minimum Gasteiger partial charge on any atom is -0.325 e. The summed E-state index contributed by atoms with van der Waals surface area (Å²) in [5.74, 6) is -0.133. The van der Waals surface area contributed by atoms with Crippen molar-refractivity contribution < 1.29 is 4.79 Å². The van der Waals surface area contributed by atoms with E-state index in [4.69, 9.17) is 5.26 Å². The third-order valence-corrected chi connectivity index (χ3v) is 3.32. The van der Waals surface area contributed by atoms with Crippen molar-refractivity contribution in [2.24, 2.45) is 0 Å². The molecular formula is C12H11N5OS. The van der Waals surface area contributed by atoms with E-state index in [-0.39, 0.29) is 11.2 Å². The van der Waals surface area contributed by atoms with Crippen LogP contribution in [0.25, 0.3) is 0 Å². The van der Waals surface area contributed by atoms with Crippen LogP contribution >= 0.6 is 11.8 Å². The van der Waals surface area contributed by atoms with Crippen LogP contribution in [0, 0.1) is 11.3 Å². The number of H-pyrrole nitrogens is 1. The highest BCUT2D eigenvalue weighted by molar-refractivity contribution is 8.00.